The predicted molar refractivity (Wildman–Crippen MR) is 83.9 cm³/mol. The van der Waals surface area contributed by atoms with Crippen LogP contribution < -0.4 is 5.32 Å². The lowest BCUT2D eigenvalue weighted by molar-refractivity contribution is 0.121. The van der Waals surface area contributed by atoms with Crippen LogP contribution in [-0.2, 0) is 16.1 Å². The van der Waals surface area contributed by atoms with Gasteiger partial charge < -0.3 is 19.7 Å². The molecule has 1 aromatic carbocycles. The smallest absolute Gasteiger partial charge is 0.410 e. The van der Waals surface area contributed by atoms with Crippen LogP contribution in [0, 0.1) is 0 Å². The van der Waals surface area contributed by atoms with E-state index in [9.17, 15) is 9.59 Å². The first-order chi connectivity index (χ1) is 11.2. The summed E-state index contributed by atoms with van der Waals surface area (Å²) in [6.07, 6.45) is 2.91. The fraction of sp³-hybridized carbons (Fsp3) is 0.529. The van der Waals surface area contributed by atoms with Crippen LogP contribution in [0.1, 0.15) is 31.2 Å². The topological polar surface area (TPSA) is 67.9 Å². The molecule has 2 fully saturated rings. The van der Waals surface area contributed by atoms with Crippen molar-refractivity contribution in [3.63, 3.8) is 0 Å². The molecule has 6 nitrogen and oxygen atoms in total. The van der Waals surface area contributed by atoms with Gasteiger partial charge in [0, 0.05) is 12.1 Å². The normalized spacial score (nSPS) is 24.2. The van der Waals surface area contributed by atoms with Crippen LogP contribution >= 0.6 is 0 Å². The van der Waals surface area contributed by atoms with E-state index >= 15 is 0 Å². The van der Waals surface area contributed by atoms with Crippen LogP contribution in [0.4, 0.5) is 9.59 Å². The Balaban J connectivity index is 1.38. The Hall–Kier alpha value is -2.24. The number of alkyl carbamates (subject to hydrolysis) is 1. The molecule has 3 rings (SSSR count). The molecule has 124 valence electrons. The Kier molecular flexibility index (Phi) is 5.00. The maximum atomic E-state index is 11.9. The van der Waals surface area contributed by atoms with Crippen molar-refractivity contribution < 1.29 is 19.1 Å². The Labute approximate surface area is 135 Å². The zero-order valence-electron chi connectivity index (χ0n) is 13.1. The molecular formula is C17H22N2O4. The van der Waals surface area contributed by atoms with Crippen LogP contribution in [0.25, 0.3) is 0 Å². The van der Waals surface area contributed by atoms with Crippen molar-refractivity contribution in [2.75, 3.05) is 13.2 Å². The van der Waals surface area contributed by atoms with Gasteiger partial charge in [0.2, 0.25) is 0 Å². The Morgan fingerprint density at radius 1 is 1.22 bits per heavy atom. The summed E-state index contributed by atoms with van der Waals surface area (Å²) in [5.41, 5.74) is 0.971. The lowest BCUT2D eigenvalue weighted by Crippen LogP contribution is -2.44. The van der Waals surface area contributed by atoms with Gasteiger partial charge in [0.1, 0.15) is 13.2 Å². The highest BCUT2D eigenvalue weighted by Gasteiger charge is 2.33. The Morgan fingerprint density at radius 2 is 1.96 bits per heavy atom. The number of rotatable bonds is 4. The van der Waals surface area contributed by atoms with Crippen molar-refractivity contribution >= 4 is 12.2 Å². The van der Waals surface area contributed by atoms with E-state index in [-0.39, 0.29) is 30.9 Å². The third-order valence-electron chi connectivity index (χ3n) is 4.46. The summed E-state index contributed by atoms with van der Waals surface area (Å²) in [7, 11) is 0. The lowest BCUT2D eigenvalue weighted by atomic mass is 9.90. The molecule has 1 saturated heterocycles. The van der Waals surface area contributed by atoms with Gasteiger partial charge in [-0.05, 0) is 31.2 Å². The molecule has 2 aliphatic rings. The zero-order valence-corrected chi connectivity index (χ0v) is 13.1. The molecule has 1 aliphatic carbocycles. The van der Waals surface area contributed by atoms with Crippen LogP contribution in [0.15, 0.2) is 30.3 Å². The highest BCUT2D eigenvalue weighted by molar-refractivity contribution is 5.70. The molecule has 0 atom stereocenters. The molecule has 1 N–H and O–H groups in total. The third-order valence-corrected chi connectivity index (χ3v) is 4.46. The van der Waals surface area contributed by atoms with Crippen LogP contribution in [0.2, 0.25) is 0 Å². The molecule has 0 radical (unpaired) electrons. The van der Waals surface area contributed by atoms with Gasteiger partial charge in [-0.2, -0.15) is 0 Å². The number of hydrogen-bond donors (Lipinski definition) is 1. The molecule has 2 amide bonds. The van der Waals surface area contributed by atoms with Crippen LogP contribution in [0.5, 0.6) is 0 Å². The monoisotopic (exact) mass is 318 g/mol. The fourth-order valence-corrected chi connectivity index (χ4v) is 3.20. The first-order valence-electron chi connectivity index (χ1n) is 8.13. The molecule has 23 heavy (non-hydrogen) atoms. The third kappa shape index (κ3) is 4.15. The Bertz CT molecular complexity index is 541. The summed E-state index contributed by atoms with van der Waals surface area (Å²) in [6.45, 7) is 1.45. The van der Waals surface area contributed by atoms with Crippen molar-refractivity contribution in [3.05, 3.63) is 35.9 Å². The quantitative estimate of drug-likeness (QED) is 0.927. The van der Waals surface area contributed by atoms with Crippen LogP contribution in [-0.4, -0.2) is 42.3 Å². The second-order valence-corrected chi connectivity index (χ2v) is 6.02. The Morgan fingerprint density at radius 3 is 2.61 bits per heavy atom. The zero-order chi connectivity index (χ0) is 16.1. The largest absolute Gasteiger partial charge is 0.448 e. The van der Waals surface area contributed by atoms with Crippen molar-refractivity contribution in [1.29, 1.82) is 0 Å². The van der Waals surface area contributed by atoms with E-state index in [1.54, 1.807) is 0 Å². The van der Waals surface area contributed by atoms with E-state index in [1.807, 2.05) is 35.2 Å². The minimum Gasteiger partial charge on any atom is -0.448 e. The minimum atomic E-state index is -0.377. The predicted octanol–water partition coefficient (Wildman–Crippen LogP) is 2.68. The highest BCUT2D eigenvalue weighted by atomic mass is 16.6. The summed E-state index contributed by atoms with van der Waals surface area (Å²) in [5.74, 6) is 0. The average molecular weight is 318 g/mol. The average Bonchev–Trinajstić information content (AvgIpc) is 3.01. The SMILES string of the molecule is O=C(N[C@H]1CC[C@H](N2CCOC2=O)CC1)OCc1ccccc1. The van der Waals surface area contributed by atoms with Gasteiger partial charge >= 0.3 is 12.2 Å². The van der Waals surface area contributed by atoms with Crippen molar-refractivity contribution in [3.8, 4) is 0 Å². The van der Waals surface area contributed by atoms with Gasteiger partial charge in [0.05, 0.1) is 6.54 Å². The molecule has 6 heteroatoms. The standard InChI is InChI=1S/C17H22N2O4/c20-16(23-12-13-4-2-1-3-5-13)18-14-6-8-15(9-7-14)19-10-11-22-17(19)21/h1-5,14-15H,6-12H2,(H,18,20)/t14-,15-. The van der Waals surface area contributed by atoms with Gasteiger partial charge in [-0.3, -0.25) is 0 Å². The number of cyclic esters (lactones) is 1. The van der Waals surface area contributed by atoms with Gasteiger partial charge in [-0.25, -0.2) is 9.59 Å². The molecule has 1 aromatic rings. The first kappa shape index (κ1) is 15.6. The maximum Gasteiger partial charge on any atom is 0.410 e. The van der Waals surface area contributed by atoms with Crippen molar-refractivity contribution in [1.82, 2.24) is 10.2 Å². The number of benzene rings is 1. The van der Waals surface area contributed by atoms with E-state index in [0.29, 0.717) is 13.2 Å². The summed E-state index contributed by atoms with van der Waals surface area (Å²) in [5, 5.41) is 2.92. The van der Waals surface area contributed by atoms with E-state index in [4.69, 9.17) is 9.47 Å². The van der Waals surface area contributed by atoms with Crippen molar-refractivity contribution in [2.45, 2.75) is 44.4 Å². The highest BCUT2D eigenvalue weighted by Crippen LogP contribution is 2.25. The van der Waals surface area contributed by atoms with Crippen LogP contribution in [0.3, 0.4) is 0 Å². The number of ether oxygens (including phenoxy) is 2. The molecule has 1 heterocycles. The first-order valence-corrected chi connectivity index (χ1v) is 8.13. The molecule has 1 saturated carbocycles. The number of carbonyl (C=O) groups excluding carboxylic acids is 2. The van der Waals surface area contributed by atoms with E-state index < -0.39 is 0 Å². The summed E-state index contributed by atoms with van der Waals surface area (Å²) >= 11 is 0. The summed E-state index contributed by atoms with van der Waals surface area (Å²) < 4.78 is 10.2. The number of hydrogen-bond acceptors (Lipinski definition) is 4. The number of nitrogens with zero attached hydrogens (tertiary/aromatic N) is 1. The van der Waals surface area contributed by atoms with Gasteiger partial charge in [0.15, 0.2) is 0 Å². The minimum absolute atomic E-state index is 0.119. The van der Waals surface area contributed by atoms with Crippen molar-refractivity contribution in [2.24, 2.45) is 0 Å². The molecule has 0 unspecified atom stereocenters. The molecule has 0 aromatic heterocycles. The second-order valence-electron chi connectivity index (χ2n) is 6.02. The number of amides is 2. The molecule has 1 aliphatic heterocycles. The number of carbonyl (C=O) groups is 2. The van der Waals surface area contributed by atoms with Gasteiger partial charge in [0.25, 0.3) is 0 Å². The van der Waals surface area contributed by atoms with E-state index in [1.165, 1.54) is 0 Å². The fourth-order valence-electron chi connectivity index (χ4n) is 3.20. The molecular weight excluding hydrogens is 296 g/mol. The van der Waals surface area contributed by atoms with E-state index in [2.05, 4.69) is 5.32 Å². The second kappa shape index (κ2) is 7.35. The van der Waals surface area contributed by atoms with Gasteiger partial charge in [-0.15, -0.1) is 0 Å². The van der Waals surface area contributed by atoms with E-state index in [0.717, 1.165) is 31.2 Å². The maximum absolute atomic E-state index is 11.9. The summed E-state index contributed by atoms with van der Waals surface area (Å²) in [4.78, 5) is 25.2. The summed E-state index contributed by atoms with van der Waals surface area (Å²) in [6, 6.07) is 9.97. The number of nitrogens with one attached hydrogen (secondary N) is 1. The lowest BCUT2D eigenvalue weighted by Gasteiger charge is -2.33. The molecule has 0 spiro atoms. The van der Waals surface area contributed by atoms with Gasteiger partial charge in [-0.1, -0.05) is 30.3 Å². The molecule has 0 bridgehead atoms.